The van der Waals surface area contributed by atoms with Crippen LogP contribution < -0.4 is 5.32 Å². The molecular weight excluding hydrogens is 218 g/mol. The number of benzene rings is 1. The minimum atomic E-state index is -0.834. The summed E-state index contributed by atoms with van der Waals surface area (Å²) in [6.45, 7) is 4.22. The van der Waals surface area contributed by atoms with Crippen LogP contribution in [0, 0.1) is 6.92 Å². The third-order valence-electron chi connectivity index (χ3n) is 2.23. The lowest BCUT2D eigenvalue weighted by molar-refractivity contribution is -0.152. The molecule has 17 heavy (non-hydrogen) atoms. The first kappa shape index (κ1) is 13.2. The topological polar surface area (TPSA) is 55.4 Å². The summed E-state index contributed by atoms with van der Waals surface area (Å²) in [6, 6.07) is 7.20. The van der Waals surface area contributed by atoms with E-state index in [0.29, 0.717) is 5.69 Å². The first-order valence-corrected chi connectivity index (χ1v) is 5.68. The molecule has 0 aliphatic rings. The molecule has 0 heterocycles. The molecule has 0 aliphatic heterocycles. The number of carbonyl (C=O) groups is 2. The molecule has 0 spiro atoms. The van der Waals surface area contributed by atoms with E-state index in [-0.39, 0.29) is 6.61 Å². The summed E-state index contributed by atoms with van der Waals surface area (Å²) in [5.41, 5.74) is 1.68. The van der Waals surface area contributed by atoms with Crippen LogP contribution in [0.3, 0.4) is 0 Å². The first-order valence-electron chi connectivity index (χ1n) is 5.68. The molecule has 4 nitrogen and oxygen atoms in total. The molecule has 0 fully saturated rings. The van der Waals surface area contributed by atoms with Crippen LogP contribution in [0.2, 0.25) is 0 Å². The Hall–Kier alpha value is -1.84. The second kappa shape index (κ2) is 6.68. The van der Waals surface area contributed by atoms with E-state index in [4.69, 9.17) is 4.74 Å². The van der Waals surface area contributed by atoms with Crippen LogP contribution in [0.1, 0.15) is 25.3 Å². The van der Waals surface area contributed by atoms with Gasteiger partial charge in [-0.25, -0.2) is 4.79 Å². The van der Waals surface area contributed by atoms with Crippen LogP contribution in [0.4, 0.5) is 5.69 Å². The molecule has 4 heteroatoms. The molecular formula is C13H17NO3. The van der Waals surface area contributed by atoms with Crippen molar-refractivity contribution < 1.29 is 14.3 Å². The van der Waals surface area contributed by atoms with E-state index in [1.54, 1.807) is 12.1 Å². The highest BCUT2D eigenvalue weighted by Gasteiger charge is 2.14. The summed E-state index contributed by atoms with van der Waals surface area (Å²) in [6.07, 6.45) is 1.69. The van der Waals surface area contributed by atoms with Gasteiger partial charge in [-0.2, -0.15) is 0 Å². The van der Waals surface area contributed by atoms with Gasteiger partial charge in [-0.3, -0.25) is 4.79 Å². The SMILES string of the molecule is CCCCOC(=O)C(=O)Nc1ccc(C)cc1. The molecule has 0 aromatic heterocycles. The van der Waals surface area contributed by atoms with Crippen molar-refractivity contribution in [2.45, 2.75) is 26.7 Å². The fraction of sp³-hybridized carbons (Fsp3) is 0.385. The largest absolute Gasteiger partial charge is 0.459 e. The van der Waals surface area contributed by atoms with E-state index in [1.165, 1.54) is 0 Å². The molecule has 0 radical (unpaired) electrons. The molecule has 0 aliphatic carbocycles. The van der Waals surface area contributed by atoms with Gasteiger partial charge < -0.3 is 10.1 Å². The van der Waals surface area contributed by atoms with Crippen molar-refractivity contribution in [2.75, 3.05) is 11.9 Å². The number of ether oxygens (including phenoxy) is 1. The zero-order valence-corrected chi connectivity index (χ0v) is 10.2. The van der Waals surface area contributed by atoms with Gasteiger partial charge >= 0.3 is 11.9 Å². The summed E-state index contributed by atoms with van der Waals surface area (Å²) in [4.78, 5) is 22.7. The van der Waals surface area contributed by atoms with Gasteiger partial charge in [0.1, 0.15) is 0 Å². The van der Waals surface area contributed by atoms with Crippen LogP contribution >= 0.6 is 0 Å². The van der Waals surface area contributed by atoms with Crippen molar-refractivity contribution >= 4 is 17.6 Å². The molecule has 0 saturated carbocycles. The van der Waals surface area contributed by atoms with Crippen molar-refractivity contribution in [1.82, 2.24) is 0 Å². The molecule has 1 amide bonds. The van der Waals surface area contributed by atoms with Crippen molar-refractivity contribution in [3.8, 4) is 0 Å². The smallest absolute Gasteiger partial charge is 0.397 e. The van der Waals surface area contributed by atoms with Crippen LogP contribution in [0.15, 0.2) is 24.3 Å². The van der Waals surface area contributed by atoms with E-state index in [2.05, 4.69) is 5.32 Å². The zero-order chi connectivity index (χ0) is 12.7. The van der Waals surface area contributed by atoms with Gasteiger partial charge in [-0.1, -0.05) is 31.0 Å². The first-order chi connectivity index (χ1) is 8.13. The average Bonchev–Trinajstić information content (AvgIpc) is 2.32. The standard InChI is InChI=1S/C13H17NO3/c1-3-4-9-17-13(16)12(15)14-11-7-5-10(2)6-8-11/h5-8H,3-4,9H2,1-2H3,(H,14,15). The molecule has 1 N–H and O–H groups in total. The predicted octanol–water partition coefficient (Wildman–Crippen LogP) is 2.28. The number of anilines is 1. The monoisotopic (exact) mass is 235 g/mol. The van der Waals surface area contributed by atoms with Crippen LogP contribution in [0.25, 0.3) is 0 Å². The summed E-state index contributed by atoms with van der Waals surface area (Å²) in [5, 5.41) is 2.48. The zero-order valence-electron chi connectivity index (χ0n) is 10.2. The van der Waals surface area contributed by atoms with Crippen LogP contribution in [-0.2, 0) is 14.3 Å². The van der Waals surface area contributed by atoms with E-state index < -0.39 is 11.9 Å². The lowest BCUT2D eigenvalue weighted by atomic mass is 10.2. The Labute approximate surface area is 101 Å². The highest BCUT2D eigenvalue weighted by Crippen LogP contribution is 2.08. The molecule has 1 aromatic carbocycles. The van der Waals surface area contributed by atoms with E-state index >= 15 is 0 Å². The minimum Gasteiger partial charge on any atom is -0.459 e. The van der Waals surface area contributed by atoms with E-state index in [0.717, 1.165) is 18.4 Å². The van der Waals surface area contributed by atoms with Crippen molar-refractivity contribution in [1.29, 1.82) is 0 Å². The van der Waals surface area contributed by atoms with Crippen molar-refractivity contribution in [2.24, 2.45) is 0 Å². The number of aryl methyl sites for hydroxylation is 1. The summed E-state index contributed by atoms with van der Waals surface area (Å²) >= 11 is 0. The molecule has 0 bridgehead atoms. The highest BCUT2D eigenvalue weighted by molar-refractivity contribution is 6.37. The lowest BCUT2D eigenvalue weighted by Crippen LogP contribution is -2.25. The van der Waals surface area contributed by atoms with E-state index in [9.17, 15) is 9.59 Å². The molecule has 92 valence electrons. The molecule has 0 unspecified atom stereocenters. The Morgan fingerprint density at radius 1 is 1.24 bits per heavy atom. The molecule has 1 rings (SSSR count). The third-order valence-corrected chi connectivity index (χ3v) is 2.23. The van der Waals surface area contributed by atoms with Gasteiger partial charge in [-0.05, 0) is 25.5 Å². The Morgan fingerprint density at radius 3 is 2.47 bits per heavy atom. The summed E-state index contributed by atoms with van der Waals surface area (Å²) < 4.78 is 4.79. The number of unbranched alkanes of at least 4 members (excludes halogenated alkanes) is 1. The number of amides is 1. The van der Waals surface area contributed by atoms with Gasteiger partial charge in [0.25, 0.3) is 0 Å². The van der Waals surface area contributed by atoms with Gasteiger partial charge in [0.05, 0.1) is 6.61 Å². The Bertz CT molecular complexity index is 384. The lowest BCUT2D eigenvalue weighted by Gasteiger charge is -2.05. The van der Waals surface area contributed by atoms with Crippen molar-refractivity contribution in [3.63, 3.8) is 0 Å². The number of esters is 1. The second-order valence-electron chi connectivity index (χ2n) is 3.81. The van der Waals surface area contributed by atoms with Gasteiger partial charge in [0.2, 0.25) is 0 Å². The van der Waals surface area contributed by atoms with Crippen molar-refractivity contribution in [3.05, 3.63) is 29.8 Å². The van der Waals surface area contributed by atoms with Crippen LogP contribution in [-0.4, -0.2) is 18.5 Å². The Balaban J connectivity index is 2.43. The maximum atomic E-state index is 11.4. The normalized spacial score (nSPS) is 9.76. The summed E-state index contributed by atoms with van der Waals surface area (Å²) in [7, 11) is 0. The predicted molar refractivity (Wildman–Crippen MR) is 65.7 cm³/mol. The maximum Gasteiger partial charge on any atom is 0.397 e. The second-order valence-corrected chi connectivity index (χ2v) is 3.81. The number of nitrogens with one attached hydrogen (secondary N) is 1. The van der Waals surface area contributed by atoms with E-state index in [1.807, 2.05) is 26.0 Å². The average molecular weight is 235 g/mol. The van der Waals surface area contributed by atoms with Gasteiger partial charge in [0, 0.05) is 5.69 Å². The highest BCUT2D eigenvalue weighted by atomic mass is 16.5. The van der Waals surface area contributed by atoms with Crippen LogP contribution in [0.5, 0.6) is 0 Å². The minimum absolute atomic E-state index is 0.288. The molecule has 0 saturated heterocycles. The number of carbonyl (C=O) groups excluding carboxylic acids is 2. The molecule has 1 aromatic rings. The fourth-order valence-electron chi connectivity index (χ4n) is 1.19. The van der Waals surface area contributed by atoms with Gasteiger partial charge in [0.15, 0.2) is 0 Å². The summed E-state index contributed by atoms with van der Waals surface area (Å²) in [5.74, 6) is -1.57. The molecule has 0 atom stereocenters. The van der Waals surface area contributed by atoms with Gasteiger partial charge in [-0.15, -0.1) is 0 Å². The number of rotatable bonds is 4. The third kappa shape index (κ3) is 4.68. The number of hydrogen-bond donors (Lipinski definition) is 1. The Kier molecular flexibility index (Phi) is 5.20. The maximum absolute atomic E-state index is 11.4. The fourth-order valence-corrected chi connectivity index (χ4v) is 1.19. The Morgan fingerprint density at radius 2 is 1.88 bits per heavy atom. The quantitative estimate of drug-likeness (QED) is 0.495. The number of hydrogen-bond acceptors (Lipinski definition) is 3.